The van der Waals surface area contributed by atoms with Crippen LogP contribution >= 0.6 is 0 Å². The highest BCUT2D eigenvalue weighted by Crippen LogP contribution is 2.22. The molecule has 0 aromatic rings. The Labute approximate surface area is 218 Å². The lowest BCUT2D eigenvalue weighted by molar-refractivity contribution is -0.155. The molecule has 3 atom stereocenters. The predicted octanol–water partition coefficient (Wildman–Crippen LogP) is 9.72. The lowest BCUT2D eigenvalue weighted by atomic mass is 9.94. The summed E-state index contributed by atoms with van der Waals surface area (Å²) in [5.41, 5.74) is 0. The zero-order chi connectivity index (χ0) is 26.2. The van der Waals surface area contributed by atoms with Crippen molar-refractivity contribution in [3.8, 4) is 0 Å². The maximum atomic E-state index is 12.9. The Balaban J connectivity index is 4.41. The third kappa shape index (κ3) is 21.9. The van der Waals surface area contributed by atoms with Gasteiger partial charge in [0.25, 0.3) is 0 Å². The molecule has 0 aromatic heterocycles. The molecule has 0 saturated carbocycles. The monoisotopic (exact) mass is 496 g/mol. The van der Waals surface area contributed by atoms with Crippen molar-refractivity contribution in [2.75, 3.05) is 0 Å². The molecule has 0 radical (unpaired) electrons. The van der Waals surface area contributed by atoms with Gasteiger partial charge < -0.3 is 9.47 Å². The minimum atomic E-state index is -0.128. The third-order valence-electron chi connectivity index (χ3n) is 7.00. The van der Waals surface area contributed by atoms with Crippen molar-refractivity contribution in [1.29, 1.82) is 0 Å². The fourth-order valence-corrected chi connectivity index (χ4v) is 4.63. The highest BCUT2D eigenvalue weighted by Gasteiger charge is 2.22. The molecule has 0 aliphatic carbocycles. The first-order valence-electron chi connectivity index (χ1n) is 15.3. The van der Waals surface area contributed by atoms with Gasteiger partial charge in [-0.3, -0.25) is 9.59 Å². The van der Waals surface area contributed by atoms with E-state index in [1.165, 1.54) is 77.0 Å². The SMILES string of the molecule is CCCCCCCCCCCC(CCCC(=O)OC(C)CCCCC)C(=O)OC(C)CCCCC. The van der Waals surface area contributed by atoms with Crippen molar-refractivity contribution in [1.82, 2.24) is 0 Å². The van der Waals surface area contributed by atoms with Crippen LogP contribution in [0.2, 0.25) is 0 Å². The first-order chi connectivity index (χ1) is 16.9. The number of carbonyl (C=O) groups is 2. The summed E-state index contributed by atoms with van der Waals surface area (Å²) in [5, 5.41) is 0. The van der Waals surface area contributed by atoms with Gasteiger partial charge in [-0.1, -0.05) is 104 Å². The highest BCUT2D eigenvalue weighted by atomic mass is 16.5. The van der Waals surface area contributed by atoms with Crippen LogP contribution in [0.5, 0.6) is 0 Å². The summed E-state index contributed by atoms with van der Waals surface area (Å²) in [6, 6.07) is 0. The van der Waals surface area contributed by atoms with Crippen molar-refractivity contribution >= 4 is 11.9 Å². The second-order valence-corrected chi connectivity index (χ2v) is 10.7. The van der Waals surface area contributed by atoms with Gasteiger partial charge in [0.05, 0.1) is 18.1 Å². The molecule has 0 bridgehead atoms. The highest BCUT2D eigenvalue weighted by molar-refractivity contribution is 5.73. The number of carbonyl (C=O) groups excluding carboxylic acids is 2. The van der Waals surface area contributed by atoms with Crippen molar-refractivity contribution in [3.05, 3.63) is 0 Å². The van der Waals surface area contributed by atoms with Gasteiger partial charge in [-0.2, -0.15) is 0 Å². The lowest BCUT2D eigenvalue weighted by Crippen LogP contribution is -2.23. The minimum Gasteiger partial charge on any atom is -0.463 e. The molecular weight excluding hydrogens is 436 g/mol. The molecule has 3 unspecified atom stereocenters. The van der Waals surface area contributed by atoms with Crippen molar-refractivity contribution in [2.24, 2.45) is 5.92 Å². The first kappa shape index (κ1) is 33.9. The second-order valence-electron chi connectivity index (χ2n) is 10.7. The van der Waals surface area contributed by atoms with E-state index in [9.17, 15) is 9.59 Å². The average Bonchev–Trinajstić information content (AvgIpc) is 2.82. The van der Waals surface area contributed by atoms with Gasteiger partial charge in [0.2, 0.25) is 0 Å². The van der Waals surface area contributed by atoms with Gasteiger partial charge in [0.1, 0.15) is 0 Å². The van der Waals surface area contributed by atoms with E-state index in [0.717, 1.165) is 44.9 Å². The summed E-state index contributed by atoms with van der Waals surface area (Å²) in [7, 11) is 0. The van der Waals surface area contributed by atoms with E-state index in [1.807, 2.05) is 13.8 Å². The molecule has 0 heterocycles. The Hall–Kier alpha value is -1.06. The van der Waals surface area contributed by atoms with E-state index in [4.69, 9.17) is 9.47 Å². The Morgan fingerprint density at radius 1 is 0.514 bits per heavy atom. The molecule has 0 aromatic carbocycles. The molecule has 0 saturated heterocycles. The zero-order valence-electron chi connectivity index (χ0n) is 24.2. The molecule has 4 heteroatoms. The summed E-state index contributed by atoms with van der Waals surface area (Å²) >= 11 is 0. The molecule has 0 N–H and O–H groups in total. The van der Waals surface area contributed by atoms with Crippen molar-refractivity contribution < 1.29 is 19.1 Å². The topological polar surface area (TPSA) is 52.6 Å². The van der Waals surface area contributed by atoms with E-state index in [1.54, 1.807) is 0 Å². The first-order valence-corrected chi connectivity index (χ1v) is 15.3. The van der Waals surface area contributed by atoms with E-state index >= 15 is 0 Å². The molecule has 208 valence electrons. The Bertz CT molecular complexity index is 490. The van der Waals surface area contributed by atoms with Crippen LogP contribution in [0.15, 0.2) is 0 Å². The predicted molar refractivity (Wildman–Crippen MR) is 149 cm³/mol. The maximum absolute atomic E-state index is 12.9. The van der Waals surface area contributed by atoms with Crippen LogP contribution in [0.4, 0.5) is 0 Å². The number of hydrogen-bond donors (Lipinski definition) is 0. The fourth-order valence-electron chi connectivity index (χ4n) is 4.63. The third-order valence-corrected chi connectivity index (χ3v) is 7.00. The zero-order valence-corrected chi connectivity index (χ0v) is 24.2. The minimum absolute atomic E-state index is 0.0132. The maximum Gasteiger partial charge on any atom is 0.309 e. The second kappa shape index (κ2) is 24.6. The molecular formula is C31H60O4. The number of hydrogen-bond acceptors (Lipinski definition) is 4. The van der Waals surface area contributed by atoms with E-state index < -0.39 is 0 Å². The van der Waals surface area contributed by atoms with E-state index in [0.29, 0.717) is 12.8 Å². The molecule has 0 spiro atoms. The number of esters is 2. The lowest BCUT2D eigenvalue weighted by Gasteiger charge is -2.20. The normalized spacial score (nSPS) is 13.9. The van der Waals surface area contributed by atoms with E-state index in [-0.39, 0.29) is 30.1 Å². The number of unbranched alkanes of at least 4 members (excludes halogenated alkanes) is 12. The van der Waals surface area contributed by atoms with Gasteiger partial charge in [-0.25, -0.2) is 0 Å². The summed E-state index contributed by atoms with van der Waals surface area (Å²) in [6.07, 6.45) is 23.0. The summed E-state index contributed by atoms with van der Waals surface area (Å²) < 4.78 is 11.4. The summed E-state index contributed by atoms with van der Waals surface area (Å²) in [5.74, 6) is -0.282. The van der Waals surface area contributed by atoms with Gasteiger partial charge >= 0.3 is 11.9 Å². The van der Waals surface area contributed by atoms with Crippen LogP contribution in [0, 0.1) is 5.92 Å². The van der Waals surface area contributed by atoms with Crippen LogP contribution < -0.4 is 0 Å². The fraction of sp³-hybridized carbons (Fsp3) is 0.935. The molecule has 0 amide bonds. The molecule has 4 nitrogen and oxygen atoms in total. The van der Waals surface area contributed by atoms with Crippen LogP contribution in [0.25, 0.3) is 0 Å². The largest absolute Gasteiger partial charge is 0.463 e. The molecule has 0 fully saturated rings. The Morgan fingerprint density at radius 3 is 1.46 bits per heavy atom. The summed E-state index contributed by atoms with van der Waals surface area (Å²) in [6.45, 7) is 10.6. The van der Waals surface area contributed by atoms with E-state index in [2.05, 4.69) is 20.8 Å². The number of ether oxygens (including phenoxy) is 2. The molecule has 0 aliphatic rings. The van der Waals surface area contributed by atoms with Gasteiger partial charge in [-0.15, -0.1) is 0 Å². The van der Waals surface area contributed by atoms with Crippen LogP contribution in [-0.4, -0.2) is 24.1 Å². The number of rotatable bonds is 25. The molecule has 0 rings (SSSR count). The summed E-state index contributed by atoms with van der Waals surface area (Å²) in [4.78, 5) is 25.2. The Kier molecular flexibility index (Phi) is 23.9. The van der Waals surface area contributed by atoms with Crippen LogP contribution in [-0.2, 0) is 19.1 Å². The quantitative estimate of drug-likeness (QED) is 0.0932. The van der Waals surface area contributed by atoms with Crippen LogP contribution in [0.1, 0.15) is 169 Å². The van der Waals surface area contributed by atoms with Gasteiger partial charge in [0, 0.05) is 6.42 Å². The van der Waals surface area contributed by atoms with Crippen molar-refractivity contribution in [2.45, 2.75) is 182 Å². The van der Waals surface area contributed by atoms with Crippen LogP contribution in [0.3, 0.4) is 0 Å². The standard InChI is InChI=1S/C31H60O4/c1-6-9-12-13-14-15-16-17-20-24-29(31(33)35-28(5)23-19-11-8-3)25-21-26-30(32)34-27(4)22-18-10-7-2/h27-29H,6-26H2,1-5H3. The average molecular weight is 497 g/mol. The Morgan fingerprint density at radius 2 is 0.914 bits per heavy atom. The molecule has 0 aliphatic heterocycles. The van der Waals surface area contributed by atoms with Gasteiger partial charge in [0.15, 0.2) is 0 Å². The van der Waals surface area contributed by atoms with Crippen molar-refractivity contribution in [3.63, 3.8) is 0 Å². The smallest absolute Gasteiger partial charge is 0.309 e. The molecule has 35 heavy (non-hydrogen) atoms. The van der Waals surface area contributed by atoms with Gasteiger partial charge in [-0.05, 0) is 58.8 Å².